The van der Waals surface area contributed by atoms with Gasteiger partial charge in [-0.25, -0.2) is 8.78 Å². The highest BCUT2D eigenvalue weighted by Crippen LogP contribution is 2.26. The summed E-state index contributed by atoms with van der Waals surface area (Å²) in [4.78, 5) is 14.4. The van der Waals surface area contributed by atoms with Crippen molar-refractivity contribution in [3.8, 4) is 12.0 Å². The number of likely N-dealkylation sites (tertiary alicyclic amines) is 1. The number of alkyl halides is 2. The fourth-order valence-corrected chi connectivity index (χ4v) is 3.60. The molecule has 3 heterocycles. The standard InChI is InChI=1S/C20H24F2N6O2/c1-20(21,22)12-30-18-25-16(23)15-17(26-18)28(19(29)24-15)11-14-6-4-5-13(9-14)10-27-7-2-3-8-27/h4-6,9H,2-3,7-8,10-12H2,1H3,(H,24,29)(H2,23,25,26). The second-order valence-electron chi connectivity index (χ2n) is 7.72. The van der Waals surface area contributed by atoms with Crippen molar-refractivity contribution in [2.45, 2.75) is 38.8 Å². The predicted octanol–water partition coefficient (Wildman–Crippen LogP) is 2.79. The van der Waals surface area contributed by atoms with Gasteiger partial charge in [0, 0.05) is 13.5 Å². The van der Waals surface area contributed by atoms with Crippen LogP contribution in [0.3, 0.4) is 0 Å². The maximum Gasteiger partial charge on any atom is 0.320 e. The third-order valence-corrected chi connectivity index (χ3v) is 4.97. The Morgan fingerprint density at radius 2 is 1.83 bits per heavy atom. The first-order valence-corrected chi connectivity index (χ1v) is 9.82. The molecule has 10 heteroatoms. The number of anilines is 1. The number of nitrogens with two attached hydrogens (primary N) is 1. The van der Waals surface area contributed by atoms with Crippen LogP contribution in [0.2, 0.25) is 0 Å². The number of nitrogen functional groups attached to an aromatic ring is 1. The largest absolute Gasteiger partial charge is 0.480 e. The molecule has 2 aromatic heterocycles. The molecule has 1 fully saturated rings. The molecule has 0 unspecified atom stereocenters. The maximum absolute atomic E-state index is 13.1. The number of benzene rings is 1. The van der Waals surface area contributed by atoms with E-state index in [4.69, 9.17) is 10.5 Å². The van der Waals surface area contributed by atoms with Crippen LogP contribution in [0.25, 0.3) is 11.2 Å². The molecule has 3 N–H and O–H groups in total. The van der Waals surface area contributed by atoms with E-state index in [0.717, 1.165) is 32.1 Å². The molecule has 1 aliphatic heterocycles. The Morgan fingerprint density at radius 1 is 1.13 bits per heavy atom. The van der Waals surface area contributed by atoms with E-state index in [-0.39, 0.29) is 35.5 Å². The minimum atomic E-state index is -3.04. The van der Waals surface area contributed by atoms with Crippen LogP contribution in [0.15, 0.2) is 24.3 Å². The quantitative estimate of drug-likeness (QED) is 0.608. The van der Waals surface area contributed by atoms with E-state index in [9.17, 15) is 13.9 Å². The minimum absolute atomic E-state index is 0.0498. The molecule has 0 bridgehead atoms. The average molecular weight is 418 g/mol. The lowest BCUT2D eigenvalue weighted by Crippen LogP contribution is -2.22. The molecule has 160 valence electrons. The lowest BCUT2D eigenvalue weighted by atomic mass is 10.1. The molecule has 1 aliphatic rings. The van der Waals surface area contributed by atoms with E-state index in [0.29, 0.717) is 0 Å². The monoisotopic (exact) mass is 418 g/mol. The van der Waals surface area contributed by atoms with E-state index in [1.54, 1.807) is 0 Å². The number of hydrogen-bond donors (Lipinski definition) is 2. The number of imidazole rings is 1. The Labute approximate surface area is 172 Å². The van der Waals surface area contributed by atoms with Crippen molar-refractivity contribution in [1.82, 2.24) is 24.4 Å². The van der Waals surface area contributed by atoms with Crippen LogP contribution in [0, 0.1) is 0 Å². The van der Waals surface area contributed by atoms with Crippen LogP contribution in [0.1, 0.15) is 30.9 Å². The van der Waals surface area contributed by atoms with Gasteiger partial charge in [-0.3, -0.25) is 9.47 Å². The van der Waals surface area contributed by atoms with E-state index < -0.39 is 12.5 Å². The van der Waals surface area contributed by atoms with E-state index >= 15 is 0 Å². The van der Waals surface area contributed by atoms with Crippen LogP contribution in [0.5, 0.6) is 12.0 Å². The molecule has 0 saturated carbocycles. The number of aromatic hydroxyl groups is 1. The molecule has 0 radical (unpaired) electrons. The highest BCUT2D eigenvalue weighted by atomic mass is 19.3. The van der Waals surface area contributed by atoms with Crippen molar-refractivity contribution < 1.29 is 18.6 Å². The molecule has 1 aromatic carbocycles. The first-order valence-electron chi connectivity index (χ1n) is 9.82. The van der Waals surface area contributed by atoms with Gasteiger partial charge in [0.25, 0.3) is 11.9 Å². The van der Waals surface area contributed by atoms with Crippen molar-refractivity contribution in [3.05, 3.63) is 35.4 Å². The summed E-state index contributed by atoms with van der Waals surface area (Å²) < 4.78 is 32.7. The fourth-order valence-electron chi connectivity index (χ4n) is 3.60. The molecular formula is C20H24F2N6O2. The second-order valence-corrected chi connectivity index (χ2v) is 7.72. The second kappa shape index (κ2) is 8.02. The Morgan fingerprint density at radius 3 is 2.53 bits per heavy atom. The SMILES string of the molecule is CC(F)(F)COc1nc(N)c2nc(O)n(Cc3cccc(CN4CCCC4)c3)c2n1. The lowest BCUT2D eigenvalue weighted by molar-refractivity contribution is -0.0255. The van der Waals surface area contributed by atoms with Crippen LogP contribution < -0.4 is 10.5 Å². The van der Waals surface area contributed by atoms with Gasteiger partial charge in [0.1, 0.15) is 0 Å². The summed E-state index contributed by atoms with van der Waals surface area (Å²) in [6.45, 7) is 3.23. The van der Waals surface area contributed by atoms with Crippen molar-refractivity contribution in [2.24, 2.45) is 0 Å². The topological polar surface area (TPSA) is 102 Å². The van der Waals surface area contributed by atoms with Gasteiger partial charge in [-0.05, 0) is 37.1 Å². The van der Waals surface area contributed by atoms with Gasteiger partial charge in [0.05, 0.1) is 6.54 Å². The zero-order chi connectivity index (χ0) is 21.3. The third kappa shape index (κ3) is 4.59. The Hall–Kier alpha value is -3.01. The molecule has 8 nitrogen and oxygen atoms in total. The highest BCUT2D eigenvalue weighted by molar-refractivity contribution is 5.83. The number of aromatic nitrogens is 4. The van der Waals surface area contributed by atoms with E-state index in [1.165, 1.54) is 23.0 Å². The minimum Gasteiger partial charge on any atom is -0.480 e. The normalized spacial score (nSPS) is 15.2. The van der Waals surface area contributed by atoms with Crippen molar-refractivity contribution in [2.75, 3.05) is 25.4 Å². The van der Waals surface area contributed by atoms with Crippen LogP contribution in [-0.4, -0.2) is 55.1 Å². The van der Waals surface area contributed by atoms with Gasteiger partial charge in [-0.1, -0.05) is 24.3 Å². The van der Waals surface area contributed by atoms with E-state index in [2.05, 4.69) is 32.0 Å². The van der Waals surface area contributed by atoms with Crippen molar-refractivity contribution >= 4 is 17.0 Å². The van der Waals surface area contributed by atoms with Gasteiger partial charge in [-0.15, -0.1) is 0 Å². The number of nitrogens with zero attached hydrogens (tertiary/aromatic N) is 5. The Kier molecular flexibility index (Phi) is 5.42. The van der Waals surface area contributed by atoms with Crippen molar-refractivity contribution in [3.63, 3.8) is 0 Å². The number of halogens is 2. The summed E-state index contributed by atoms with van der Waals surface area (Å²) in [5.41, 5.74) is 8.42. The smallest absolute Gasteiger partial charge is 0.320 e. The Bertz CT molecular complexity index is 1040. The number of ether oxygens (including phenoxy) is 1. The third-order valence-electron chi connectivity index (χ3n) is 4.97. The zero-order valence-corrected chi connectivity index (χ0v) is 16.7. The fraction of sp³-hybridized carbons (Fsp3) is 0.450. The van der Waals surface area contributed by atoms with Gasteiger partial charge >= 0.3 is 6.01 Å². The van der Waals surface area contributed by atoms with Crippen LogP contribution in [-0.2, 0) is 13.1 Å². The predicted molar refractivity (Wildman–Crippen MR) is 108 cm³/mol. The summed E-state index contributed by atoms with van der Waals surface area (Å²) >= 11 is 0. The van der Waals surface area contributed by atoms with Crippen molar-refractivity contribution in [1.29, 1.82) is 0 Å². The first kappa shape index (κ1) is 20.3. The number of rotatable bonds is 7. The highest BCUT2D eigenvalue weighted by Gasteiger charge is 2.24. The number of fused-ring (bicyclic) bond motifs is 1. The Balaban J connectivity index is 1.60. The molecule has 0 amide bonds. The zero-order valence-electron chi connectivity index (χ0n) is 16.7. The summed E-state index contributed by atoms with van der Waals surface area (Å²) in [7, 11) is 0. The summed E-state index contributed by atoms with van der Waals surface area (Å²) in [6.07, 6.45) is 2.45. The van der Waals surface area contributed by atoms with Gasteiger partial charge in [0.15, 0.2) is 23.6 Å². The maximum atomic E-state index is 13.1. The lowest BCUT2D eigenvalue weighted by Gasteiger charge is -2.15. The number of hydrogen-bond acceptors (Lipinski definition) is 7. The summed E-state index contributed by atoms with van der Waals surface area (Å²) in [5.74, 6) is -3.09. The molecule has 1 saturated heterocycles. The van der Waals surface area contributed by atoms with Gasteiger partial charge in [-0.2, -0.15) is 15.0 Å². The molecule has 30 heavy (non-hydrogen) atoms. The van der Waals surface area contributed by atoms with E-state index in [1.807, 2.05) is 12.1 Å². The average Bonchev–Trinajstić information content (AvgIpc) is 3.29. The molecule has 3 aromatic rings. The molecule has 0 atom stereocenters. The molecular weight excluding hydrogens is 394 g/mol. The van der Waals surface area contributed by atoms with Crippen LogP contribution >= 0.6 is 0 Å². The molecule has 0 spiro atoms. The van der Waals surface area contributed by atoms with Gasteiger partial charge < -0.3 is 15.6 Å². The van der Waals surface area contributed by atoms with Gasteiger partial charge in [0.2, 0.25) is 0 Å². The van der Waals surface area contributed by atoms with Crippen LogP contribution in [0.4, 0.5) is 14.6 Å². The molecule has 4 rings (SSSR count). The first-order chi connectivity index (χ1) is 14.3. The summed E-state index contributed by atoms with van der Waals surface area (Å²) in [5, 5.41) is 10.3. The molecule has 0 aliphatic carbocycles. The summed E-state index contributed by atoms with van der Waals surface area (Å²) in [6, 6.07) is 7.49.